The number of aromatic nitrogens is 2. The summed E-state index contributed by atoms with van der Waals surface area (Å²) in [4.78, 5) is 4.65. The number of hydrogen-bond donors (Lipinski definition) is 1. The molecule has 0 aliphatic heterocycles. The topological polar surface area (TPSA) is 47.3 Å². The molecule has 0 saturated carbocycles. The summed E-state index contributed by atoms with van der Waals surface area (Å²) >= 11 is 0. The second-order valence-electron chi connectivity index (χ2n) is 5.43. The minimum Gasteiger partial charge on any atom is -0.497 e. The van der Waals surface area contributed by atoms with Crippen LogP contribution in [0.1, 0.15) is 11.3 Å². The minimum atomic E-state index is 0.585. The highest BCUT2D eigenvalue weighted by Gasteiger charge is 2.25. The first kappa shape index (κ1) is 13.0. The maximum Gasteiger partial charge on any atom is 0.176 e. The van der Waals surface area contributed by atoms with Crippen LogP contribution in [0.25, 0.3) is 22.6 Å². The number of aryl methyl sites for hydroxylation is 2. The van der Waals surface area contributed by atoms with Gasteiger partial charge in [0.25, 0.3) is 0 Å². The fraction of sp³-hybridized carbons (Fsp3) is 0.167. The van der Waals surface area contributed by atoms with Gasteiger partial charge in [-0.2, -0.15) is 4.73 Å². The molecule has 0 unspecified atom stereocenters. The van der Waals surface area contributed by atoms with Crippen LogP contribution in [-0.4, -0.2) is 22.0 Å². The molecule has 0 amide bonds. The van der Waals surface area contributed by atoms with Gasteiger partial charge in [0.1, 0.15) is 11.4 Å². The van der Waals surface area contributed by atoms with Crippen molar-refractivity contribution in [2.24, 2.45) is 0 Å². The van der Waals surface area contributed by atoms with Crippen LogP contribution >= 0.6 is 0 Å². The smallest absolute Gasteiger partial charge is 0.176 e. The average molecular weight is 292 g/mol. The molecule has 0 bridgehead atoms. The first-order chi connectivity index (χ1) is 10.8. The van der Waals surface area contributed by atoms with Crippen molar-refractivity contribution in [3.8, 4) is 28.4 Å². The third-order valence-electron chi connectivity index (χ3n) is 4.16. The minimum absolute atomic E-state index is 0.585. The fourth-order valence-electron chi connectivity index (χ4n) is 3.05. The number of imidazole rings is 1. The monoisotopic (exact) mass is 292 g/mol. The lowest BCUT2D eigenvalue weighted by Crippen LogP contribution is -2.06. The molecule has 1 aromatic heterocycles. The van der Waals surface area contributed by atoms with Crippen molar-refractivity contribution in [2.45, 2.75) is 12.8 Å². The summed E-state index contributed by atoms with van der Waals surface area (Å²) in [5.74, 6) is 1.37. The molecule has 110 valence electrons. The number of methoxy groups -OCH3 is 1. The van der Waals surface area contributed by atoms with Crippen molar-refractivity contribution in [1.29, 1.82) is 0 Å². The summed E-state index contributed by atoms with van der Waals surface area (Å²) in [6.45, 7) is 0. The molecule has 2 aromatic carbocycles. The number of fused-ring (bicyclic) bond motifs is 3. The molecular formula is C18H16N2O2. The van der Waals surface area contributed by atoms with E-state index in [0.29, 0.717) is 5.82 Å². The van der Waals surface area contributed by atoms with Crippen molar-refractivity contribution < 1.29 is 9.94 Å². The van der Waals surface area contributed by atoms with Gasteiger partial charge < -0.3 is 9.94 Å². The first-order valence-electron chi connectivity index (χ1n) is 7.31. The molecule has 1 aliphatic rings. The number of ether oxygens (including phenoxy) is 1. The molecule has 1 N–H and O–H groups in total. The molecule has 4 heteroatoms. The molecule has 3 aromatic rings. The van der Waals surface area contributed by atoms with Gasteiger partial charge in [-0.05, 0) is 30.5 Å². The molecule has 22 heavy (non-hydrogen) atoms. The molecule has 4 nitrogen and oxygen atoms in total. The molecule has 0 fully saturated rings. The zero-order chi connectivity index (χ0) is 15.1. The average Bonchev–Trinajstić information content (AvgIpc) is 2.92. The normalized spacial score (nSPS) is 12.6. The van der Waals surface area contributed by atoms with E-state index in [2.05, 4.69) is 11.1 Å². The highest BCUT2D eigenvalue weighted by atomic mass is 16.5. The molecule has 0 atom stereocenters. The van der Waals surface area contributed by atoms with Crippen LogP contribution in [0.4, 0.5) is 0 Å². The zero-order valence-electron chi connectivity index (χ0n) is 12.3. The van der Waals surface area contributed by atoms with E-state index in [1.165, 1.54) is 10.3 Å². The highest BCUT2D eigenvalue weighted by Crippen LogP contribution is 2.37. The lowest BCUT2D eigenvalue weighted by atomic mass is 9.92. The molecule has 0 spiro atoms. The van der Waals surface area contributed by atoms with Crippen LogP contribution in [0.15, 0.2) is 48.5 Å². The summed E-state index contributed by atoms with van der Waals surface area (Å²) in [5.41, 5.74) is 4.82. The SMILES string of the molecule is COc1ccc2c(c1)-c1c(nc(-c3ccccc3)n1O)CC2. The summed E-state index contributed by atoms with van der Waals surface area (Å²) in [6.07, 6.45) is 1.76. The van der Waals surface area contributed by atoms with E-state index >= 15 is 0 Å². The predicted octanol–water partition coefficient (Wildman–Crippen LogP) is 3.56. The van der Waals surface area contributed by atoms with Gasteiger partial charge in [-0.15, -0.1) is 0 Å². The van der Waals surface area contributed by atoms with Gasteiger partial charge in [0.2, 0.25) is 0 Å². The maximum absolute atomic E-state index is 10.7. The van der Waals surface area contributed by atoms with Crippen LogP contribution in [0.2, 0.25) is 0 Å². The van der Waals surface area contributed by atoms with Gasteiger partial charge in [0, 0.05) is 11.1 Å². The van der Waals surface area contributed by atoms with Gasteiger partial charge in [-0.1, -0.05) is 36.4 Å². The van der Waals surface area contributed by atoms with Gasteiger partial charge in [-0.3, -0.25) is 0 Å². The second kappa shape index (κ2) is 4.91. The Balaban J connectivity index is 1.92. The van der Waals surface area contributed by atoms with Crippen LogP contribution in [-0.2, 0) is 12.8 Å². The molecule has 4 rings (SSSR count). The van der Waals surface area contributed by atoms with Gasteiger partial charge in [0.15, 0.2) is 5.82 Å². The quantitative estimate of drug-likeness (QED) is 0.735. The molecule has 1 aliphatic carbocycles. The summed E-state index contributed by atoms with van der Waals surface area (Å²) in [5, 5.41) is 10.7. The van der Waals surface area contributed by atoms with E-state index in [1.807, 2.05) is 42.5 Å². The van der Waals surface area contributed by atoms with Crippen molar-refractivity contribution in [3.63, 3.8) is 0 Å². The number of nitrogens with zero attached hydrogens (tertiary/aromatic N) is 2. The van der Waals surface area contributed by atoms with Crippen molar-refractivity contribution >= 4 is 0 Å². The molecular weight excluding hydrogens is 276 g/mol. The van der Waals surface area contributed by atoms with Gasteiger partial charge in [-0.25, -0.2) is 4.98 Å². The fourth-order valence-corrected chi connectivity index (χ4v) is 3.05. The number of hydrogen-bond acceptors (Lipinski definition) is 3. The molecule has 0 radical (unpaired) electrons. The number of rotatable bonds is 2. The van der Waals surface area contributed by atoms with Gasteiger partial charge >= 0.3 is 0 Å². The summed E-state index contributed by atoms with van der Waals surface area (Å²) in [6, 6.07) is 15.7. The lowest BCUT2D eigenvalue weighted by molar-refractivity contribution is 0.195. The Hall–Kier alpha value is -2.75. The van der Waals surface area contributed by atoms with Crippen molar-refractivity contribution in [1.82, 2.24) is 9.71 Å². The third kappa shape index (κ3) is 1.88. The van der Waals surface area contributed by atoms with Gasteiger partial charge in [0.05, 0.1) is 12.8 Å². The Morgan fingerprint density at radius 3 is 2.68 bits per heavy atom. The standard InChI is InChI=1S/C18H16N2O2/c1-22-14-9-7-12-8-10-16-17(15(12)11-14)20(21)18(19-16)13-5-3-2-4-6-13/h2-7,9,11,21H,8,10H2,1H3. The Morgan fingerprint density at radius 1 is 1.09 bits per heavy atom. The van der Waals surface area contributed by atoms with Crippen LogP contribution in [0, 0.1) is 0 Å². The third-order valence-corrected chi connectivity index (χ3v) is 4.16. The Bertz CT molecular complexity index is 838. The largest absolute Gasteiger partial charge is 0.497 e. The number of benzene rings is 2. The second-order valence-corrected chi connectivity index (χ2v) is 5.43. The first-order valence-corrected chi connectivity index (χ1v) is 7.31. The predicted molar refractivity (Wildman–Crippen MR) is 84.2 cm³/mol. The van der Waals surface area contributed by atoms with E-state index in [0.717, 1.165) is 41.1 Å². The Kier molecular flexibility index (Phi) is 2.89. The highest BCUT2D eigenvalue weighted by molar-refractivity contribution is 5.74. The van der Waals surface area contributed by atoms with Crippen molar-refractivity contribution in [3.05, 3.63) is 59.8 Å². The summed E-state index contributed by atoms with van der Waals surface area (Å²) < 4.78 is 6.53. The van der Waals surface area contributed by atoms with Crippen LogP contribution in [0.3, 0.4) is 0 Å². The Labute approximate surface area is 128 Å². The molecule has 1 heterocycles. The Morgan fingerprint density at radius 2 is 1.91 bits per heavy atom. The molecule has 0 saturated heterocycles. The van der Waals surface area contributed by atoms with E-state index in [4.69, 9.17) is 4.74 Å². The van der Waals surface area contributed by atoms with Crippen LogP contribution < -0.4 is 4.74 Å². The van der Waals surface area contributed by atoms with E-state index in [-0.39, 0.29) is 0 Å². The van der Waals surface area contributed by atoms with E-state index in [1.54, 1.807) is 7.11 Å². The van der Waals surface area contributed by atoms with Crippen molar-refractivity contribution in [2.75, 3.05) is 7.11 Å². The van der Waals surface area contributed by atoms with E-state index < -0.39 is 0 Å². The van der Waals surface area contributed by atoms with Crippen LogP contribution in [0.5, 0.6) is 5.75 Å². The lowest BCUT2D eigenvalue weighted by Gasteiger charge is -2.17. The summed E-state index contributed by atoms with van der Waals surface area (Å²) in [7, 11) is 1.65. The van der Waals surface area contributed by atoms with E-state index in [9.17, 15) is 5.21 Å². The maximum atomic E-state index is 10.7. The zero-order valence-corrected chi connectivity index (χ0v) is 12.3.